The molecule has 2 rings (SSSR count). The number of rotatable bonds is 5. The van der Waals surface area contributed by atoms with Crippen molar-refractivity contribution >= 4 is 28.5 Å². The van der Waals surface area contributed by atoms with Crippen LogP contribution in [0.25, 0.3) is 0 Å². The first-order valence-corrected chi connectivity index (χ1v) is 6.09. The third-order valence-corrected chi connectivity index (χ3v) is 2.61. The normalized spacial score (nSPS) is 10.3. The van der Waals surface area contributed by atoms with Gasteiger partial charge in [0.05, 0.1) is 6.33 Å². The Labute approximate surface area is 107 Å². The number of aromatic nitrogens is 4. The molecule has 6 heteroatoms. The number of nitrogens with one attached hydrogen (secondary N) is 1. The second-order valence-corrected chi connectivity index (χ2v) is 4.55. The van der Waals surface area contributed by atoms with Crippen molar-refractivity contribution in [1.82, 2.24) is 19.5 Å². The highest BCUT2D eigenvalue weighted by Gasteiger charge is 1.95. The molecule has 0 saturated heterocycles. The van der Waals surface area contributed by atoms with Crippen LogP contribution in [0.3, 0.4) is 0 Å². The molecule has 2 heterocycles. The number of halogens is 1. The molecule has 2 aromatic heterocycles. The van der Waals surface area contributed by atoms with Crippen LogP contribution in [-0.2, 0) is 6.54 Å². The molecule has 0 radical (unpaired) electrons. The van der Waals surface area contributed by atoms with Gasteiger partial charge in [-0.05, 0) is 29.0 Å². The summed E-state index contributed by atoms with van der Waals surface area (Å²) in [6.07, 6.45) is 10.2. The van der Waals surface area contributed by atoms with Crippen LogP contribution in [0.15, 0.2) is 31.1 Å². The zero-order valence-corrected chi connectivity index (χ0v) is 10.8. The topological polar surface area (TPSA) is 55.6 Å². The van der Waals surface area contributed by atoms with Gasteiger partial charge in [-0.3, -0.25) is 0 Å². The van der Waals surface area contributed by atoms with Crippen molar-refractivity contribution in [2.24, 2.45) is 0 Å². The van der Waals surface area contributed by atoms with Gasteiger partial charge in [0.2, 0.25) is 5.95 Å². The summed E-state index contributed by atoms with van der Waals surface area (Å²) in [6.45, 7) is 1.82. The van der Waals surface area contributed by atoms with E-state index in [-0.39, 0.29) is 0 Å². The summed E-state index contributed by atoms with van der Waals surface area (Å²) >= 11 is 2.19. The standard InChI is InChI=1S/C10H12IN5/c11-9-6-14-10(15-7-9)13-2-1-4-16-5-3-12-8-16/h3,5-8H,1-2,4H2,(H,13,14,15). The number of hydrogen-bond donors (Lipinski definition) is 1. The van der Waals surface area contributed by atoms with Crippen LogP contribution < -0.4 is 5.32 Å². The smallest absolute Gasteiger partial charge is 0.222 e. The van der Waals surface area contributed by atoms with E-state index < -0.39 is 0 Å². The van der Waals surface area contributed by atoms with Crippen LogP contribution >= 0.6 is 22.6 Å². The number of hydrogen-bond acceptors (Lipinski definition) is 4. The van der Waals surface area contributed by atoms with E-state index in [2.05, 4.69) is 47.4 Å². The highest BCUT2D eigenvalue weighted by molar-refractivity contribution is 14.1. The predicted molar refractivity (Wildman–Crippen MR) is 70.1 cm³/mol. The molecule has 0 unspecified atom stereocenters. The van der Waals surface area contributed by atoms with E-state index in [1.165, 1.54) is 0 Å². The SMILES string of the molecule is Ic1cnc(NCCCn2ccnc2)nc1. The van der Waals surface area contributed by atoms with E-state index in [4.69, 9.17) is 0 Å². The Hall–Kier alpha value is -1.18. The third kappa shape index (κ3) is 3.44. The largest absolute Gasteiger partial charge is 0.354 e. The summed E-state index contributed by atoms with van der Waals surface area (Å²) in [5, 5.41) is 3.18. The van der Waals surface area contributed by atoms with Crippen molar-refractivity contribution in [3.05, 3.63) is 34.7 Å². The summed E-state index contributed by atoms with van der Waals surface area (Å²) in [4.78, 5) is 12.3. The summed E-state index contributed by atoms with van der Waals surface area (Å²) in [5.41, 5.74) is 0. The lowest BCUT2D eigenvalue weighted by Gasteiger charge is -2.04. The highest BCUT2D eigenvalue weighted by Crippen LogP contribution is 2.02. The lowest BCUT2D eigenvalue weighted by atomic mass is 10.4. The molecule has 84 valence electrons. The summed E-state index contributed by atoms with van der Waals surface area (Å²) in [6, 6.07) is 0. The highest BCUT2D eigenvalue weighted by atomic mass is 127. The van der Waals surface area contributed by atoms with Gasteiger partial charge in [-0.25, -0.2) is 15.0 Å². The van der Waals surface area contributed by atoms with Gasteiger partial charge in [-0.15, -0.1) is 0 Å². The van der Waals surface area contributed by atoms with Gasteiger partial charge in [-0.1, -0.05) is 0 Å². The molecule has 0 amide bonds. The first-order valence-electron chi connectivity index (χ1n) is 5.02. The van der Waals surface area contributed by atoms with E-state index in [0.717, 1.165) is 23.1 Å². The first-order chi connectivity index (χ1) is 7.84. The average molecular weight is 329 g/mol. The molecule has 0 aliphatic heterocycles. The molecule has 1 N–H and O–H groups in total. The fraction of sp³-hybridized carbons (Fsp3) is 0.300. The second kappa shape index (κ2) is 5.78. The van der Waals surface area contributed by atoms with Crippen LogP contribution in [0, 0.1) is 3.57 Å². The Balaban J connectivity index is 1.70. The van der Waals surface area contributed by atoms with E-state index in [9.17, 15) is 0 Å². The molecule has 0 spiro atoms. The zero-order valence-electron chi connectivity index (χ0n) is 8.67. The Morgan fingerprint density at radius 1 is 1.31 bits per heavy atom. The van der Waals surface area contributed by atoms with Gasteiger partial charge in [-0.2, -0.15) is 0 Å². The molecule has 0 aromatic carbocycles. The summed E-state index contributed by atoms with van der Waals surface area (Å²) < 4.78 is 3.10. The van der Waals surface area contributed by atoms with Crippen molar-refractivity contribution in [3.63, 3.8) is 0 Å². The van der Waals surface area contributed by atoms with Gasteiger partial charge in [0.15, 0.2) is 0 Å². The van der Waals surface area contributed by atoms with Crippen molar-refractivity contribution in [2.45, 2.75) is 13.0 Å². The summed E-state index contributed by atoms with van der Waals surface area (Å²) in [7, 11) is 0. The minimum Gasteiger partial charge on any atom is -0.354 e. The second-order valence-electron chi connectivity index (χ2n) is 3.31. The fourth-order valence-electron chi connectivity index (χ4n) is 1.28. The van der Waals surface area contributed by atoms with E-state index in [1.54, 1.807) is 18.6 Å². The molecular weight excluding hydrogens is 317 g/mol. The van der Waals surface area contributed by atoms with Crippen LogP contribution in [0.1, 0.15) is 6.42 Å². The fourth-order valence-corrected chi connectivity index (χ4v) is 1.56. The number of nitrogens with zero attached hydrogens (tertiary/aromatic N) is 4. The minimum atomic E-state index is 0.686. The molecule has 5 nitrogen and oxygen atoms in total. The quantitative estimate of drug-likeness (QED) is 0.671. The average Bonchev–Trinajstić information content (AvgIpc) is 2.80. The third-order valence-electron chi connectivity index (χ3n) is 2.06. The number of aryl methyl sites for hydroxylation is 1. The molecular formula is C10H12IN5. The minimum absolute atomic E-state index is 0.686. The lowest BCUT2D eigenvalue weighted by molar-refractivity contribution is 0.659. The van der Waals surface area contributed by atoms with Gasteiger partial charge in [0.1, 0.15) is 0 Å². The van der Waals surface area contributed by atoms with Gasteiger partial charge >= 0.3 is 0 Å². The number of anilines is 1. The molecule has 0 fully saturated rings. The van der Waals surface area contributed by atoms with Crippen molar-refractivity contribution in [2.75, 3.05) is 11.9 Å². The molecule has 0 atom stereocenters. The van der Waals surface area contributed by atoms with Gasteiger partial charge in [0, 0.05) is 41.4 Å². The first kappa shape index (κ1) is 11.3. The maximum absolute atomic E-state index is 4.16. The van der Waals surface area contributed by atoms with Crippen molar-refractivity contribution in [3.8, 4) is 0 Å². The number of imidazole rings is 1. The Bertz CT molecular complexity index is 411. The Morgan fingerprint density at radius 3 is 2.81 bits per heavy atom. The van der Waals surface area contributed by atoms with Gasteiger partial charge < -0.3 is 9.88 Å². The van der Waals surface area contributed by atoms with Crippen molar-refractivity contribution in [1.29, 1.82) is 0 Å². The Kier molecular flexibility index (Phi) is 4.09. The van der Waals surface area contributed by atoms with Crippen LogP contribution in [0.2, 0.25) is 0 Å². The molecule has 0 aliphatic carbocycles. The van der Waals surface area contributed by atoms with E-state index in [1.807, 2.05) is 12.5 Å². The predicted octanol–water partition coefficient (Wildman–Crippen LogP) is 1.78. The van der Waals surface area contributed by atoms with Crippen LogP contribution in [0.5, 0.6) is 0 Å². The van der Waals surface area contributed by atoms with E-state index in [0.29, 0.717) is 5.95 Å². The van der Waals surface area contributed by atoms with Crippen molar-refractivity contribution < 1.29 is 0 Å². The zero-order chi connectivity index (χ0) is 11.2. The lowest BCUT2D eigenvalue weighted by Crippen LogP contribution is -2.08. The molecule has 0 saturated carbocycles. The molecule has 0 aliphatic rings. The molecule has 16 heavy (non-hydrogen) atoms. The van der Waals surface area contributed by atoms with Crippen LogP contribution in [-0.4, -0.2) is 26.1 Å². The van der Waals surface area contributed by atoms with Crippen LogP contribution in [0.4, 0.5) is 5.95 Å². The van der Waals surface area contributed by atoms with Gasteiger partial charge in [0.25, 0.3) is 0 Å². The maximum Gasteiger partial charge on any atom is 0.222 e. The van der Waals surface area contributed by atoms with E-state index >= 15 is 0 Å². The Morgan fingerprint density at radius 2 is 2.12 bits per heavy atom. The monoisotopic (exact) mass is 329 g/mol. The maximum atomic E-state index is 4.16. The molecule has 2 aromatic rings. The molecule has 0 bridgehead atoms. The summed E-state index contributed by atoms with van der Waals surface area (Å²) in [5.74, 6) is 0.686.